The molecule has 0 unspecified atom stereocenters. The van der Waals surface area contributed by atoms with Gasteiger partial charge in [0.1, 0.15) is 10.6 Å². The number of fused-ring (bicyclic) bond motifs is 1. The monoisotopic (exact) mass is 348 g/mol. The number of H-pyrrole nitrogens is 1. The van der Waals surface area contributed by atoms with Gasteiger partial charge in [-0.25, -0.2) is 0 Å². The fraction of sp³-hybridized carbons (Fsp3) is 0.133. The third-order valence-electron chi connectivity index (χ3n) is 3.17. The van der Waals surface area contributed by atoms with Crippen molar-refractivity contribution in [1.29, 1.82) is 0 Å². The first-order valence-electron chi connectivity index (χ1n) is 6.92. The number of hydrogen-bond donors (Lipinski definition) is 3. The Morgan fingerprint density at radius 2 is 2.09 bits per heavy atom. The molecule has 2 heterocycles. The number of carbonyl (C=O) groups is 2. The van der Waals surface area contributed by atoms with Crippen LogP contribution in [0.2, 0.25) is 5.02 Å². The van der Waals surface area contributed by atoms with E-state index in [0.717, 1.165) is 0 Å². The second-order valence-electron chi connectivity index (χ2n) is 4.72. The molecule has 3 aromatic rings. The molecule has 1 aromatic carbocycles. The number of carbonyl (C=O) groups excluding carboxylic acids is 2. The third kappa shape index (κ3) is 3.06. The smallest absolute Gasteiger partial charge is 0.261 e. The molecule has 0 fully saturated rings. The third-order valence-corrected chi connectivity index (χ3v) is 4.53. The van der Waals surface area contributed by atoms with Crippen LogP contribution in [-0.4, -0.2) is 28.6 Å². The molecule has 2 aromatic heterocycles. The second-order valence-corrected chi connectivity index (χ2v) is 6.16. The van der Waals surface area contributed by atoms with Gasteiger partial charge >= 0.3 is 0 Å². The lowest BCUT2D eigenvalue weighted by molar-refractivity contribution is 0.0959. The molecular weight excluding hydrogens is 336 g/mol. The number of benzene rings is 1. The molecular formula is C15H13ClN4O2S. The highest BCUT2D eigenvalue weighted by Gasteiger charge is 2.17. The molecule has 0 radical (unpaired) electrons. The zero-order chi connectivity index (χ0) is 16.4. The minimum absolute atomic E-state index is 0.154. The predicted molar refractivity (Wildman–Crippen MR) is 91.4 cm³/mol. The van der Waals surface area contributed by atoms with Crippen LogP contribution in [0.15, 0.2) is 30.3 Å². The minimum Gasteiger partial charge on any atom is -0.352 e. The first-order chi connectivity index (χ1) is 11.1. The normalized spacial score (nSPS) is 10.7. The highest BCUT2D eigenvalue weighted by Crippen LogP contribution is 2.29. The van der Waals surface area contributed by atoms with Crippen LogP contribution >= 0.6 is 22.9 Å². The summed E-state index contributed by atoms with van der Waals surface area (Å²) in [4.78, 5) is 25.4. The molecule has 2 amide bonds. The molecule has 0 aliphatic rings. The van der Waals surface area contributed by atoms with Crippen molar-refractivity contribution in [2.24, 2.45) is 0 Å². The van der Waals surface area contributed by atoms with Gasteiger partial charge in [-0.15, -0.1) is 11.3 Å². The SMILES string of the molecule is CCNC(=O)c1cc2c(NC(=O)c3ccccc3Cl)[nH]nc2s1. The molecule has 3 N–H and O–H groups in total. The summed E-state index contributed by atoms with van der Waals surface area (Å²) in [5.74, 6) is -0.0532. The summed E-state index contributed by atoms with van der Waals surface area (Å²) in [6, 6.07) is 8.48. The highest BCUT2D eigenvalue weighted by atomic mass is 35.5. The Kier molecular flexibility index (Phi) is 4.31. The summed E-state index contributed by atoms with van der Waals surface area (Å²) in [6.07, 6.45) is 0. The van der Waals surface area contributed by atoms with E-state index in [1.54, 1.807) is 30.3 Å². The largest absolute Gasteiger partial charge is 0.352 e. The van der Waals surface area contributed by atoms with E-state index in [-0.39, 0.29) is 11.8 Å². The van der Waals surface area contributed by atoms with Crippen LogP contribution in [0.4, 0.5) is 5.82 Å². The highest BCUT2D eigenvalue weighted by molar-refractivity contribution is 7.20. The van der Waals surface area contributed by atoms with Gasteiger partial charge in [-0.05, 0) is 25.1 Å². The molecule has 0 aliphatic carbocycles. The summed E-state index contributed by atoms with van der Waals surface area (Å²) in [5.41, 5.74) is 0.371. The van der Waals surface area contributed by atoms with Crippen molar-refractivity contribution in [2.75, 3.05) is 11.9 Å². The molecule has 0 saturated heterocycles. The van der Waals surface area contributed by atoms with Crippen molar-refractivity contribution in [3.05, 3.63) is 45.8 Å². The molecule has 118 valence electrons. The van der Waals surface area contributed by atoms with E-state index in [1.165, 1.54) is 11.3 Å². The molecule has 6 nitrogen and oxygen atoms in total. The fourth-order valence-corrected chi connectivity index (χ4v) is 3.23. The van der Waals surface area contributed by atoms with E-state index >= 15 is 0 Å². The number of rotatable bonds is 4. The number of hydrogen-bond acceptors (Lipinski definition) is 4. The van der Waals surface area contributed by atoms with E-state index in [1.807, 2.05) is 6.92 Å². The van der Waals surface area contributed by atoms with Gasteiger partial charge in [0.25, 0.3) is 11.8 Å². The van der Waals surface area contributed by atoms with Gasteiger partial charge in [0.15, 0.2) is 0 Å². The van der Waals surface area contributed by atoms with Crippen LogP contribution in [-0.2, 0) is 0 Å². The molecule has 3 rings (SSSR count). The Bertz CT molecular complexity index is 887. The van der Waals surface area contributed by atoms with Crippen molar-refractivity contribution in [1.82, 2.24) is 15.5 Å². The summed E-state index contributed by atoms with van der Waals surface area (Å²) in [6.45, 7) is 2.41. The van der Waals surface area contributed by atoms with Gasteiger partial charge in [-0.2, -0.15) is 5.10 Å². The van der Waals surface area contributed by atoms with Crippen molar-refractivity contribution < 1.29 is 9.59 Å². The number of nitrogens with zero attached hydrogens (tertiary/aromatic N) is 1. The minimum atomic E-state index is -0.341. The maximum absolute atomic E-state index is 12.3. The maximum Gasteiger partial charge on any atom is 0.261 e. The zero-order valence-electron chi connectivity index (χ0n) is 12.1. The number of nitrogens with one attached hydrogen (secondary N) is 3. The van der Waals surface area contributed by atoms with Crippen LogP contribution in [0.3, 0.4) is 0 Å². The van der Waals surface area contributed by atoms with Crippen LogP contribution < -0.4 is 10.6 Å². The van der Waals surface area contributed by atoms with Crippen LogP contribution in [0.1, 0.15) is 27.0 Å². The number of aromatic nitrogens is 2. The number of anilines is 1. The number of amides is 2. The lowest BCUT2D eigenvalue weighted by Crippen LogP contribution is -2.21. The van der Waals surface area contributed by atoms with Crippen LogP contribution in [0, 0.1) is 0 Å². The molecule has 0 aliphatic heterocycles. The fourth-order valence-electron chi connectivity index (χ4n) is 2.09. The lowest BCUT2D eigenvalue weighted by Gasteiger charge is -2.04. The van der Waals surface area contributed by atoms with Crippen molar-refractivity contribution in [2.45, 2.75) is 6.92 Å². The number of halogens is 1. The van der Waals surface area contributed by atoms with Gasteiger partial charge in [-0.3, -0.25) is 14.7 Å². The van der Waals surface area contributed by atoms with Crippen molar-refractivity contribution in [3.63, 3.8) is 0 Å². The topological polar surface area (TPSA) is 86.9 Å². The van der Waals surface area contributed by atoms with E-state index in [9.17, 15) is 9.59 Å². The quantitative estimate of drug-likeness (QED) is 0.676. The average Bonchev–Trinajstić information content (AvgIpc) is 3.10. The first kappa shape index (κ1) is 15.5. The van der Waals surface area contributed by atoms with Crippen LogP contribution in [0.25, 0.3) is 10.2 Å². The van der Waals surface area contributed by atoms with Crippen molar-refractivity contribution >= 4 is 50.8 Å². The molecule has 23 heavy (non-hydrogen) atoms. The predicted octanol–water partition coefficient (Wildman–Crippen LogP) is 3.28. The Morgan fingerprint density at radius 1 is 1.30 bits per heavy atom. The molecule has 0 bridgehead atoms. The van der Waals surface area contributed by atoms with Gasteiger partial charge in [0, 0.05) is 6.54 Å². The molecule has 8 heteroatoms. The van der Waals surface area contributed by atoms with E-state index in [0.29, 0.717) is 38.0 Å². The molecule has 0 spiro atoms. The van der Waals surface area contributed by atoms with E-state index in [4.69, 9.17) is 11.6 Å². The average molecular weight is 349 g/mol. The summed E-state index contributed by atoms with van der Waals surface area (Å²) in [5, 5.41) is 13.4. The Labute approximate surface area is 140 Å². The summed E-state index contributed by atoms with van der Waals surface area (Å²) in [7, 11) is 0. The zero-order valence-corrected chi connectivity index (χ0v) is 13.7. The Hall–Kier alpha value is -2.38. The van der Waals surface area contributed by atoms with Gasteiger partial charge in [0.05, 0.1) is 20.8 Å². The van der Waals surface area contributed by atoms with E-state index in [2.05, 4.69) is 20.8 Å². The van der Waals surface area contributed by atoms with Crippen molar-refractivity contribution in [3.8, 4) is 0 Å². The van der Waals surface area contributed by atoms with Gasteiger partial charge < -0.3 is 10.6 Å². The second kappa shape index (κ2) is 6.39. The standard InChI is InChI=1S/C15H13ClN4O2S/c1-2-17-14(22)11-7-9-12(19-20-15(9)23-11)18-13(21)8-5-3-4-6-10(8)16/h3-7H,2H2,1H3,(H,17,22)(H2,18,19,20,21). The summed E-state index contributed by atoms with van der Waals surface area (Å²) < 4.78 is 0. The maximum atomic E-state index is 12.3. The lowest BCUT2D eigenvalue weighted by atomic mass is 10.2. The Morgan fingerprint density at radius 3 is 2.83 bits per heavy atom. The molecule has 0 saturated carbocycles. The molecule has 0 atom stereocenters. The van der Waals surface area contributed by atoms with Crippen LogP contribution in [0.5, 0.6) is 0 Å². The van der Waals surface area contributed by atoms with Gasteiger partial charge in [-0.1, -0.05) is 23.7 Å². The first-order valence-corrected chi connectivity index (χ1v) is 8.11. The number of aromatic amines is 1. The summed E-state index contributed by atoms with van der Waals surface area (Å²) >= 11 is 7.28. The van der Waals surface area contributed by atoms with Gasteiger partial charge in [0.2, 0.25) is 0 Å². The number of thiophene rings is 1. The van der Waals surface area contributed by atoms with E-state index < -0.39 is 0 Å². The Balaban J connectivity index is 1.87.